The highest BCUT2D eigenvalue weighted by Gasteiger charge is 2.41. The number of aliphatic hydroxyl groups excluding tert-OH is 1. The monoisotopic (exact) mass is 401 g/mol. The number of carbonyl (C=O) groups excluding carboxylic acids is 1. The van der Waals surface area contributed by atoms with E-state index in [1.807, 2.05) is 30.3 Å². The molecule has 156 valence electrons. The molecule has 0 spiro atoms. The Bertz CT molecular complexity index is 897. The molecule has 7 nitrogen and oxygen atoms in total. The molecular weight excluding hydrogens is 374 g/mol. The van der Waals surface area contributed by atoms with Crippen molar-refractivity contribution in [3.63, 3.8) is 0 Å². The molecule has 1 aliphatic carbocycles. The number of methoxy groups -OCH3 is 4. The number of carbonyl (C=O) groups is 1. The fourth-order valence-electron chi connectivity index (χ4n) is 4.27. The van der Waals surface area contributed by atoms with Gasteiger partial charge in [0.1, 0.15) is 0 Å². The van der Waals surface area contributed by atoms with Crippen molar-refractivity contribution in [2.45, 2.75) is 12.3 Å². The van der Waals surface area contributed by atoms with E-state index >= 15 is 0 Å². The molecular formula is C22H27NO6. The fraction of sp³-hybridized carbons (Fsp3) is 0.409. The van der Waals surface area contributed by atoms with Gasteiger partial charge < -0.3 is 29.8 Å². The maximum absolute atomic E-state index is 12.2. The SMILES string of the molecule is COc1ccc([C@@H]2c3cc(OC)c(OC)cc3C[C@@H](C(N)=O)[C@H]2CO)cc1OC. The van der Waals surface area contributed by atoms with E-state index in [4.69, 9.17) is 24.7 Å². The first-order valence-corrected chi connectivity index (χ1v) is 9.35. The van der Waals surface area contributed by atoms with Gasteiger partial charge in [0.25, 0.3) is 0 Å². The molecule has 1 amide bonds. The Kier molecular flexibility index (Phi) is 6.17. The summed E-state index contributed by atoms with van der Waals surface area (Å²) in [6, 6.07) is 9.40. The van der Waals surface area contributed by atoms with Crippen LogP contribution in [0.2, 0.25) is 0 Å². The van der Waals surface area contributed by atoms with Gasteiger partial charge in [0, 0.05) is 24.4 Å². The van der Waals surface area contributed by atoms with Gasteiger partial charge in [-0.1, -0.05) is 6.07 Å². The number of hydrogen-bond donors (Lipinski definition) is 2. The first-order valence-electron chi connectivity index (χ1n) is 9.35. The lowest BCUT2D eigenvalue weighted by Gasteiger charge is -2.38. The molecule has 0 saturated heterocycles. The van der Waals surface area contributed by atoms with Crippen molar-refractivity contribution in [3.8, 4) is 23.0 Å². The van der Waals surface area contributed by atoms with Crippen LogP contribution in [0.1, 0.15) is 22.6 Å². The summed E-state index contributed by atoms with van der Waals surface area (Å²) < 4.78 is 21.7. The van der Waals surface area contributed by atoms with Crippen molar-refractivity contribution < 1.29 is 28.8 Å². The lowest BCUT2D eigenvalue weighted by molar-refractivity contribution is -0.124. The average Bonchev–Trinajstić information content (AvgIpc) is 2.75. The highest BCUT2D eigenvalue weighted by molar-refractivity contribution is 5.78. The normalized spacial score (nSPS) is 20.5. The summed E-state index contributed by atoms with van der Waals surface area (Å²) in [6.45, 7) is -0.180. The number of amides is 1. The Morgan fingerprint density at radius 1 is 0.966 bits per heavy atom. The highest BCUT2D eigenvalue weighted by Crippen LogP contribution is 2.48. The second-order valence-electron chi connectivity index (χ2n) is 7.06. The molecule has 3 atom stereocenters. The lowest BCUT2D eigenvalue weighted by atomic mass is 9.66. The van der Waals surface area contributed by atoms with E-state index < -0.39 is 11.8 Å². The van der Waals surface area contributed by atoms with Crippen LogP contribution in [0.15, 0.2) is 30.3 Å². The zero-order valence-corrected chi connectivity index (χ0v) is 17.1. The van der Waals surface area contributed by atoms with Gasteiger partial charge in [0.05, 0.1) is 28.4 Å². The van der Waals surface area contributed by atoms with E-state index in [-0.39, 0.29) is 18.4 Å². The second kappa shape index (κ2) is 8.61. The third-order valence-corrected chi connectivity index (χ3v) is 5.71. The third-order valence-electron chi connectivity index (χ3n) is 5.71. The topological polar surface area (TPSA) is 100 Å². The Morgan fingerprint density at radius 2 is 1.55 bits per heavy atom. The van der Waals surface area contributed by atoms with E-state index in [2.05, 4.69) is 0 Å². The number of fused-ring (bicyclic) bond motifs is 1. The first-order chi connectivity index (χ1) is 14.0. The molecule has 7 heteroatoms. The van der Waals surface area contributed by atoms with E-state index in [1.165, 1.54) is 0 Å². The molecule has 3 N–H and O–H groups in total. The Labute approximate surface area is 170 Å². The summed E-state index contributed by atoms with van der Waals surface area (Å²) >= 11 is 0. The fourth-order valence-corrected chi connectivity index (χ4v) is 4.27. The number of aliphatic hydroxyl groups is 1. The Hall–Kier alpha value is -2.93. The van der Waals surface area contributed by atoms with Gasteiger partial charge in [-0.3, -0.25) is 4.79 Å². The van der Waals surface area contributed by atoms with Gasteiger partial charge in [-0.25, -0.2) is 0 Å². The van der Waals surface area contributed by atoms with Gasteiger partial charge in [-0.2, -0.15) is 0 Å². The molecule has 0 unspecified atom stereocenters. The molecule has 1 aliphatic rings. The van der Waals surface area contributed by atoms with E-state index in [0.717, 1.165) is 16.7 Å². The molecule has 29 heavy (non-hydrogen) atoms. The van der Waals surface area contributed by atoms with Crippen LogP contribution >= 0.6 is 0 Å². The number of ether oxygens (including phenoxy) is 4. The van der Waals surface area contributed by atoms with Gasteiger partial charge >= 0.3 is 0 Å². The smallest absolute Gasteiger partial charge is 0.221 e. The van der Waals surface area contributed by atoms with Crippen molar-refractivity contribution in [2.24, 2.45) is 17.6 Å². The van der Waals surface area contributed by atoms with Crippen LogP contribution in [0.25, 0.3) is 0 Å². The summed E-state index contributed by atoms with van der Waals surface area (Å²) in [5, 5.41) is 10.2. The second-order valence-corrected chi connectivity index (χ2v) is 7.06. The minimum atomic E-state index is -0.510. The molecule has 0 bridgehead atoms. The van der Waals surface area contributed by atoms with Crippen molar-refractivity contribution in [1.29, 1.82) is 0 Å². The summed E-state index contributed by atoms with van der Waals surface area (Å²) in [5.41, 5.74) is 8.50. The van der Waals surface area contributed by atoms with Gasteiger partial charge in [-0.05, 0) is 47.4 Å². The van der Waals surface area contributed by atoms with Crippen LogP contribution in [-0.2, 0) is 11.2 Å². The zero-order chi connectivity index (χ0) is 21.1. The number of nitrogens with two attached hydrogens (primary N) is 1. The van der Waals surface area contributed by atoms with Crippen molar-refractivity contribution in [2.75, 3.05) is 35.0 Å². The minimum Gasteiger partial charge on any atom is -0.493 e. The molecule has 2 aromatic rings. The molecule has 2 aromatic carbocycles. The summed E-state index contributed by atoms with van der Waals surface area (Å²) in [5.74, 6) is 0.751. The summed E-state index contributed by atoms with van der Waals surface area (Å²) in [4.78, 5) is 12.2. The van der Waals surface area contributed by atoms with E-state index in [0.29, 0.717) is 29.4 Å². The predicted molar refractivity (Wildman–Crippen MR) is 108 cm³/mol. The van der Waals surface area contributed by atoms with Crippen LogP contribution in [0, 0.1) is 11.8 Å². The molecule has 0 fully saturated rings. The number of hydrogen-bond acceptors (Lipinski definition) is 6. The maximum Gasteiger partial charge on any atom is 0.221 e. The van der Waals surface area contributed by atoms with Crippen LogP contribution in [-0.4, -0.2) is 46.1 Å². The first kappa shape index (κ1) is 20.8. The molecule has 0 aliphatic heterocycles. The zero-order valence-electron chi connectivity index (χ0n) is 17.1. The van der Waals surface area contributed by atoms with Gasteiger partial charge in [-0.15, -0.1) is 0 Å². The molecule has 3 rings (SSSR count). The third kappa shape index (κ3) is 3.70. The standard InChI is InChI=1S/C22H27NO6/c1-26-17-6-5-12(8-18(17)27-2)21-14-10-20(29-4)19(28-3)9-13(14)7-15(22(23)25)16(21)11-24/h5-6,8-10,15-16,21,24H,7,11H2,1-4H3,(H2,23,25)/t15-,16-,21-/m1/s1. The molecule has 0 heterocycles. The van der Waals surface area contributed by atoms with Crippen molar-refractivity contribution in [1.82, 2.24) is 0 Å². The number of primary amides is 1. The van der Waals surface area contributed by atoms with Crippen LogP contribution in [0.3, 0.4) is 0 Å². The minimum absolute atomic E-state index is 0.180. The largest absolute Gasteiger partial charge is 0.493 e. The lowest BCUT2D eigenvalue weighted by Crippen LogP contribution is -2.40. The quantitative estimate of drug-likeness (QED) is 0.737. The average molecular weight is 401 g/mol. The van der Waals surface area contributed by atoms with Gasteiger partial charge in [0.15, 0.2) is 23.0 Å². The molecule has 0 saturated carbocycles. The summed E-state index contributed by atoms with van der Waals surface area (Å²) in [7, 11) is 6.29. The predicted octanol–water partition coefficient (Wildman–Crippen LogP) is 2.12. The Balaban J connectivity index is 2.23. The van der Waals surface area contributed by atoms with Crippen molar-refractivity contribution >= 4 is 5.91 Å². The number of benzene rings is 2. The van der Waals surface area contributed by atoms with E-state index in [1.54, 1.807) is 28.4 Å². The van der Waals surface area contributed by atoms with Crippen LogP contribution in [0.4, 0.5) is 0 Å². The van der Waals surface area contributed by atoms with E-state index in [9.17, 15) is 9.90 Å². The molecule has 0 radical (unpaired) electrons. The number of rotatable bonds is 7. The van der Waals surface area contributed by atoms with Crippen molar-refractivity contribution in [3.05, 3.63) is 47.0 Å². The highest BCUT2D eigenvalue weighted by atomic mass is 16.5. The molecule has 0 aromatic heterocycles. The van der Waals surface area contributed by atoms with Gasteiger partial charge in [0.2, 0.25) is 5.91 Å². The summed E-state index contributed by atoms with van der Waals surface area (Å²) in [6.07, 6.45) is 0.431. The maximum atomic E-state index is 12.2. The van der Waals surface area contributed by atoms with Crippen LogP contribution < -0.4 is 24.7 Å². The van der Waals surface area contributed by atoms with Crippen LogP contribution in [0.5, 0.6) is 23.0 Å². The Morgan fingerprint density at radius 3 is 2.10 bits per heavy atom.